The number of hydrogen-bond donors (Lipinski definition) is 1. The summed E-state index contributed by atoms with van der Waals surface area (Å²) in [5.74, 6) is -1.57. The molecule has 0 bridgehead atoms. The Hall–Kier alpha value is -1.41. The standard InChI is InChI=1S/C11H18N2O5S/c1-4-9(11(15)16)12-6-7-13(8(3)10(12)14)19(17,18)5-2/h5,8-9H,2,4,6-7H2,1,3H3,(H,15,16)/t8-,9?/m0/s1. The molecule has 1 amide bonds. The van der Waals surface area contributed by atoms with Gasteiger partial charge in [-0.2, -0.15) is 4.31 Å². The molecule has 0 aromatic heterocycles. The van der Waals surface area contributed by atoms with Crippen LogP contribution in [0.4, 0.5) is 0 Å². The van der Waals surface area contributed by atoms with Crippen molar-refractivity contribution >= 4 is 21.9 Å². The first-order chi connectivity index (χ1) is 8.76. The van der Waals surface area contributed by atoms with Gasteiger partial charge in [0.1, 0.15) is 12.1 Å². The smallest absolute Gasteiger partial charge is 0.326 e. The van der Waals surface area contributed by atoms with Crippen LogP contribution in [0, 0.1) is 0 Å². The zero-order chi connectivity index (χ0) is 14.8. The molecule has 0 spiro atoms. The van der Waals surface area contributed by atoms with Crippen LogP contribution < -0.4 is 0 Å². The molecule has 0 aromatic carbocycles. The highest BCUT2D eigenvalue weighted by Crippen LogP contribution is 2.19. The Bertz CT molecular complexity index is 487. The predicted octanol–water partition coefficient (Wildman–Crippen LogP) is -0.144. The van der Waals surface area contributed by atoms with Crippen molar-refractivity contribution < 1.29 is 23.1 Å². The number of piperazine rings is 1. The zero-order valence-corrected chi connectivity index (χ0v) is 11.8. The highest BCUT2D eigenvalue weighted by atomic mass is 32.2. The first kappa shape index (κ1) is 15.6. The third-order valence-corrected chi connectivity index (χ3v) is 4.79. The first-order valence-corrected chi connectivity index (χ1v) is 7.44. The van der Waals surface area contributed by atoms with E-state index >= 15 is 0 Å². The van der Waals surface area contributed by atoms with Gasteiger partial charge < -0.3 is 10.0 Å². The van der Waals surface area contributed by atoms with Gasteiger partial charge in [0.2, 0.25) is 15.9 Å². The molecule has 1 aliphatic rings. The molecule has 1 saturated heterocycles. The summed E-state index contributed by atoms with van der Waals surface area (Å²) in [4.78, 5) is 24.4. The summed E-state index contributed by atoms with van der Waals surface area (Å²) in [5.41, 5.74) is 0. The van der Waals surface area contributed by atoms with E-state index in [-0.39, 0.29) is 19.5 Å². The number of nitrogens with zero attached hydrogens (tertiary/aromatic N) is 2. The van der Waals surface area contributed by atoms with E-state index in [1.165, 1.54) is 11.8 Å². The molecule has 0 radical (unpaired) electrons. The summed E-state index contributed by atoms with van der Waals surface area (Å²) in [5, 5.41) is 9.85. The van der Waals surface area contributed by atoms with E-state index in [0.29, 0.717) is 0 Å². The molecule has 7 nitrogen and oxygen atoms in total. The monoisotopic (exact) mass is 290 g/mol. The second-order valence-electron chi connectivity index (χ2n) is 4.29. The fourth-order valence-corrected chi connectivity index (χ4v) is 3.21. The fourth-order valence-electron chi connectivity index (χ4n) is 2.15. The molecule has 1 rings (SSSR count). The lowest BCUT2D eigenvalue weighted by Crippen LogP contribution is -2.60. The average Bonchev–Trinajstić information content (AvgIpc) is 2.34. The van der Waals surface area contributed by atoms with Crippen molar-refractivity contribution in [3.63, 3.8) is 0 Å². The Morgan fingerprint density at radius 3 is 2.58 bits per heavy atom. The van der Waals surface area contributed by atoms with Gasteiger partial charge >= 0.3 is 5.97 Å². The minimum atomic E-state index is -3.68. The quantitative estimate of drug-likeness (QED) is 0.760. The molecule has 19 heavy (non-hydrogen) atoms. The van der Waals surface area contributed by atoms with Crippen LogP contribution >= 0.6 is 0 Å². The van der Waals surface area contributed by atoms with Crippen LogP contribution in [0.2, 0.25) is 0 Å². The number of rotatable bonds is 5. The maximum atomic E-state index is 12.1. The van der Waals surface area contributed by atoms with Crippen LogP contribution in [-0.4, -0.2) is 59.8 Å². The molecule has 8 heteroatoms. The van der Waals surface area contributed by atoms with Gasteiger partial charge in [0, 0.05) is 18.5 Å². The Labute approximate surface area is 112 Å². The number of aliphatic carboxylic acids is 1. The summed E-state index contributed by atoms with van der Waals surface area (Å²) in [6.07, 6.45) is 0.280. The SMILES string of the molecule is C=CS(=O)(=O)N1CCN(C(CC)C(=O)O)C(=O)[C@@H]1C. The largest absolute Gasteiger partial charge is 0.480 e. The lowest BCUT2D eigenvalue weighted by molar-refractivity contribution is -0.154. The van der Waals surface area contributed by atoms with Crippen LogP contribution in [0.5, 0.6) is 0 Å². The number of amides is 1. The topological polar surface area (TPSA) is 95.0 Å². The van der Waals surface area contributed by atoms with Crippen molar-refractivity contribution in [2.24, 2.45) is 0 Å². The van der Waals surface area contributed by atoms with Gasteiger partial charge in [-0.25, -0.2) is 13.2 Å². The average molecular weight is 290 g/mol. The van der Waals surface area contributed by atoms with Crippen molar-refractivity contribution in [2.75, 3.05) is 13.1 Å². The van der Waals surface area contributed by atoms with Crippen molar-refractivity contribution in [1.29, 1.82) is 0 Å². The molecule has 1 unspecified atom stereocenters. The third kappa shape index (κ3) is 2.95. The van der Waals surface area contributed by atoms with E-state index in [0.717, 1.165) is 9.71 Å². The number of carbonyl (C=O) groups is 2. The highest BCUT2D eigenvalue weighted by molar-refractivity contribution is 7.92. The number of carboxylic acids is 1. The van der Waals surface area contributed by atoms with E-state index in [2.05, 4.69) is 6.58 Å². The summed E-state index contributed by atoms with van der Waals surface area (Å²) in [6, 6.07) is -1.83. The van der Waals surface area contributed by atoms with Crippen LogP contribution in [0.15, 0.2) is 12.0 Å². The van der Waals surface area contributed by atoms with E-state index < -0.39 is 34.0 Å². The summed E-state index contributed by atoms with van der Waals surface area (Å²) in [7, 11) is -3.68. The summed E-state index contributed by atoms with van der Waals surface area (Å²) in [6.45, 7) is 6.48. The van der Waals surface area contributed by atoms with Gasteiger partial charge in [-0.15, -0.1) is 0 Å². The maximum absolute atomic E-state index is 12.1. The van der Waals surface area contributed by atoms with Crippen LogP contribution in [-0.2, 0) is 19.6 Å². The normalized spacial score (nSPS) is 23.2. The molecule has 0 saturated carbocycles. The van der Waals surface area contributed by atoms with Crippen molar-refractivity contribution in [1.82, 2.24) is 9.21 Å². The van der Waals surface area contributed by atoms with Gasteiger partial charge in [-0.1, -0.05) is 13.5 Å². The second kappa shape index (κ2) is 5.70. The Morgan fingerprint density at radius 1 is 1.58 bits per heavy atom. The van der Waals surface area contributed by atoms with E-state index in [1.54, 1.807) is 6.92 Å². The maximum Gasteiger partial charge on any atom is 0.326 e. The number of carbonyl (C=O) groups excluding carboxylic acids is 1. The molecule has 1 aliphatic heterocycles. The molecule has 0 aliphatic carbocycles. The fraction of sp³-hybridized carbons (Fsp3) is 0.636. The summed E-state index contributed by atoms with van der Waals surface area (Å²) >= 11 is 0. The van der Waals surface area contributed by atoms with Crippen LogP contribution in [0.25, 0.3) is 0 Å². The summed E-state index contributed by atoms with van der Waals surface area (Å²) < 4.78 is 24.5. The van der Waals surface area contributed by atoms with Crippen LogP contribution in [0.3, 0.4) is 0 Å². The molecule has 1 heterocycles. The minimum absolute atomic E-state index is 0.0705. The van der Waals surface area contributed by atoms with Gasteiger partial charge in [0.05, 0.1) is 0 Å². The molecule has 1 fully saturated rings. The lowest BCUT2D eigenvalue weighted by atomic mass is 10.1. The van der Waals surface area contributed by atoms with Crippen molar-refractivity contribution in [3.05, 3.63) is 12.0 Å². The van der Waals surface area contributed by atoms with E-state index in [9.17, 15) is 18.0 Å². The Balaban J connectivity index is 2.98. The van der Waals surface area contributed by atoms with Gasteiger partial charge in [0.15, 0.2) is 0 Å². The molecule has 108 valence electrons. The van der Waals surface area contributed by atoms with Gasteiger partial charge in [-0.3, -0.25) is 4.79 Å². The molecule has 1 N–H and O–H groups in total. The second-order valence-corrected chi connectivity index (χ2v) is 6.12. The van der Waals surface area contributed by atoms with Crippen LogP contribution in [0.1, 0.15) is 20.3 Å². The van der Waals surface area contributed by atoms with Crippen molar-refractivity contribution in [2.45, 2.75) is 32.4 Å². The number of hydrogen-bond acceptors (Lipinski definition) is 4. The molecular weight excluding hydrogens is 272 g/mol. The Kier molecular flexibility index (Phi) is 4.70. The Morgan fingerprint density at radius 2 is 2.16 bits per heavy atom. The first-order valence-electron chi connectivity index (χ1n) is 5.93. The molecule has 0 aromatic rings. The van der Waals surface area contributed by atoms with Gasteiger partial charge in [0.25, 0.3) is 0 Å². The highest BCUT2D eigenvalue weighted by Gasteiger charge is 2.40. The van der Waals surface area contributed by atoms with Gasteiger partial charge in [-0.05, 0) is 13.3 Å². The minimum Gasteiger partial charge on any atom is -0.480 e. The van der Waals surface area contributed by atoms with E-state index in [1.807, 2.05) is 0 Å². The predicted molar refractivity (Wildman–Crippen MR) is 68.7 cm³/mol. The molecular formula is C11H18N2O5S. The number of sulfonamides is 1. The molecule has 2 atom stereocenters. The zero-order valence-electron chi connectivity index (χ0n) is 10.9. The third-order valence-electron chi connectivity index (χ3n) is 3.22. The lowest BCUT2D eigenvalue weighted by Gasteiger charge is -2.39. The number of carboxylic acid groups (broad SMARTS) is 1. The van der Waals surface area contributed by atoms with Crippen molar-refractivity contribution in [3.8, 4) is 0 Å². The van der Waals surface area contributed by atoms with E-state index in [4.69, 9.17) is 5.11 Å².